The Balaban J connectivity index is 1.20. The van der Waals surface area contributed by atoms with Crippen molar-refractivity contribution in [2.45, 2.75) is 76.3 Å². The molecule has 4 unspecified atom stereocenters. The normalized spacial score (nSPS) is 28.9. The van der Waals surface area contributed by atoms with Gasteiger partial charge >= 0.3 is 6.18 Å². The lowest BCUT2D eigenvalue weighted by Crippen LogP contribution is -2.35. The highest BCUT2D eigenvalue weighted by Crippen LogP contribution is 2.48. The van der Waals surface area contributed by atoms with Crippen LogP contribution in [-0.2, 0) is 11.0 Å². The van der Waals surface area contributed by atoms with E-state index >= 15 is 0 Å². The molecule has 2 heterocycles. The molecule has 1 aliphatic heterocycles. The van der Waals surface area contributed by atoms with E-state index in [4.69, 9.17) is 16.0 Å². The summed E-state index contributed by atoms with van der Waals surface area (Å²) in [4.78, 5) is 28.6. The number of fused-ring (bicyclic) bond motifs is 2. The largest absolute Gasteiger partial charge is 0.451 e. The molecule has 0 N–H and O–H groups in total. The van der Waals surface area contributed by atoms with Gasteiger partial charge in [-0.25, -0.2) is 0 Å². The Morgan fingerprint density at radius 1 is 0.917 bits per heavy atom. The summed E-state index contributed by atoms with van der Waals surface area (Å²) in [7, 11) is 0. The van der Waals surface area contributed by atoms with Gasteiger partial charge in [0, 0.05) is 30.3 Å². The van der Waals surface area contributed by atoms with Gasteiger partial charge < -0.3 is 9.32 Å². The zero-order valence-corrected chi connectivity index (χ0v) is 21.0. The van der Waals surface area contributed by atoms with Crippen LogP contribution in [0.25, 0.3) is 11.0 Å². The predicted molar refractivity (Wildman–Crippen MR) is 130 cm³/mol. The SMILES string of the molecule is O=C(c1oc2c(C(F)(F)F)cc(C3CC3)cc2c1Cl)C1CCCCC(C(=O)N2CC3CC3C2)CCC1. The minimum absolute atomic E-state index is 0.00123. The molecule has 8 heteroatoms. The molecule has 4 aliphatic rings. The first-order valence-electron chi connectivity index (χ1n) is 13.4. The van der Waals surface area contributed by atoms with Crippen molar-refractivity contribution in [3.63, 3.8) is 0 Å². The molecule has 1 aromatic carbocycles. The second-order valence-corrected chi connectivity index (χ2v) is 11.8. The number of likely N-dealkylation sites (tertiary alicyclic amines) is 1. The number of alkyl halides is 3. The first-order chi connectivity index (χ1) is 17.2. The molecule has 4 nitrogen and oxygen atoms in total. The molecule has 2 aromatic rings. The van der Waals surface area contributed by atoms with Gasteiger partial charge in [-0.3, -0.25) is 9.59 Å². The third-order valence-electron chi connectivity index (χ3n) is 8.80. The second kappa shape index (κ2) is 9.07. The number of Topliss-reactive ketones (excluding diaryl/α,β-unsaturated/α-hetero) is 1. The average Bonchev–Trinajstić information content (AvgIpc) is 3.75. The Kier molecular flexibility index (Phi) is 6.13. The van der Waals surface area contributed by atoms with Crippen LogP contribution in [-0.4, -0.2) is 29.7 Å². The van der Waals surface area contributed by atoms with Gasteiger partial charge in [0.15, 0.2) is 5.76 Å². The number of hydrogen-bond acceptors (Lipinski definition) is 3. The number of halogens is 4. The van der Waals surface area contributed by atoms with Gasteiger partial charge in [-0.15, -0.1) is 0 Å². The second-order valence-electron chi connectivity index (χ2n) is 11.4. The van der Waals surface area contributed by atoms with E-state index in [0.717, 1.165) is 64.1 Å². The van der Waals surface area contributed by atoms with Crippen molar-refractivity contribution < 1.29 is 27.2 Å². The number of benzene rings is 1. The summed E-state index contributed by atoms with van der Waals surface area (Å²) >= 11 is 6.52. The van der Waals surface area contributed by atoms with Crippen molar-refractivity contribution in [3.8, 4) is 0 Å². The first kappa shape index (κ1) is 24.3. The lowest BCUT2D eigenvalue weighted by Gasteiger charge is -2.24. The number of piperidine rings is 1. The number of rotatable bonds is 4. The molecule has 36 heavy (non-hydrogen) atoms. The van der Waals surface area contributed by atoms with Crippen LogP contribution >= 0.6 is 11.6 Å². The Labute approximate surface area is 213 Å². The van der Waals surface area contributed by atoms with Crippen molar-refractivity contribution in [3.05, 3.63) is 34.0 Å². The summed E-state index contributed by atoms with van der Waals surface area (Å²) in [5, 5.41) is 0.164. The Bertz CT molecular complexity index is 1190. The van der Waals surface area contributed by atoms with Crippen LogP contribution in [0.5, 0.6) is 0 Å². The smallest absolute Gasteiger partial charge is 0.420 e. The lowest BCUT2D eigenvalue weighted by atomic mass is 9.91. The highest BCUT2D eigenvalue weighted by molar-refractivity contribution is 6.38. The van der Waals surface area contributed by atoms with Crippen molar-refractivity contribution >= 4 is 34.3 Å². The van der Waals surface area contributed by atoms with Gasteiger partial charge in [0.2, 0.25) is 11.7 Å². The minimum atomic E-state index is -4.60. The van der Waals surface area contributed by atoms with Gasteiger partial charge in [0.25, 0.3) is 0 Å². The fourth-order valence-corrected chi connectivity index (χ4v) is 6.70. The maximum absolute atomic E-state index is 13.8. The van der Waals surface area contributed by atoms with Crippen LogP contribution in [0.1, 0.15) is 91.8 Å². The number of hydrogen-bond donors (Lipinski definition) is 0. The van der Waals surface area contributed by atoms with E-state index in [2.05, 4.69) is 0 Å². The van der Waals surface area contributed by atoms with Crippen LogP contribution in [0.15, 0.2) is 16.5 Å². The number of carbonyl (C=O) groups is 2. The van der Waals surface area contributed by atoms with Crippen LogP contribution in [0.4, 0.5) is 13.2 Å². The monoisotopic (exact) mass is 521 g/mol. The fraction of sp³-hybridized carbons (Fsp3) is 0.643. The Morgan fingerprint density at radius 3 is 2.22 bits per heavy atom. The number of furan rings is 1. The minimum Gasteiger partial charge on any atom is -0.451 e. The van der Waals surface area contributed by atoms with E-state index in [-0.39, 0.29) is 51.2 Å². The number of ketones is 1. The van der Waals surface area contributed by atoms with E-state index in [9.17, 15) is 22.8 Å². The highest BCUT2D eigenvalue weighted by atomic mass is 35.5. The summed E-state index contributed by atoms with van der Waals surface area (Å²) in [5.41, 5.74) is -0.610. The summed E-state index contributed by atoms with van der Waals surface area (Å²) < 4.78 is 47.1. The number of amides is 1. The Hall–Kier alpha value is -2.02. The molecular formula is C28H31ClF3NO3. The molecule has 0 radical (unpaired) electrons. The van der Waals surface area contributed by atoms with Crippen LogP contribution in [0.2, 0.25) is 5.02 Å². The predicted octanol–water partition coefficient (Wildman–Crippen LogP) is 7.62. The van der Waals surface area contributed by atoms with E-state index < -0.39 is 11.7 Å². The standard InChI is InChI=1S/C28H31ClF3NO3/c29-23-21-11-18(15-8-9-15)12-22(28(30,31)32)25(21)36-26(23)24(34)16-4-1-2-5-17(7-3-6-16)27(35)33-13-19-10-20(19)14-33/h11-12,15-17,19-20H,1-10,13-14H2. The molecule has 1 aromatic heterocycles. The Morgan fingerprint density at radius 2 is 1.56 bits per heavy atom. The maximum Gasteiger partial charge on any atom is 0.420 e. The van der Waals surface area contributed by atoms with Crippen molar-refractivity contribution in [1.29, 1.82) is 0 Å². The van der Waals surface area contributed by atoms with Gasteiger partial charge in [-0.1, -0.05) is 30.9 Å². The van der Waals surface area contributed by atoms with E-state index in [1.807, 2.05) is 4.90 Å². The van der Waals surface area contributed by atoms with Gasteiger partial charge in [0.1, 0.15) is 5.58 Å². The molecule has 1 amide bonds. The third-order valence-corrected chi connectivity index (χ3v) is 9.18. The molecule has 6 rings (SSSR count). The third kappa shape index (κ3) is 4.57. The maximum atomic E-state index is 13.8. The number of nitrogens with zero attached hydrogens (tertiary/aromatic N) is 1. The summed E-state index contributed by atoms with van der Waals surface area (Å²) in [6.07, 6.45) is 3.53. The van der Waals surface area contributed by atoms with Crippen molar-refractivity contribution in [2.24, 2.45) is 23.7 Å². The first-order valence-corrected chi connectivity index (χ1v) is 13.7. The summed E-state index contributed by atoms with van der Waals surface area (Å²) in [6.45, 7) is 1.79. The topological polar surface area (TPSA) is 50.5 Å². The van der Waals surface area contributed by atoms with Crippen LogP contribution in [0, 0.1) is 23.7 Å². The molecule has 1 saturated heterocycles. The van der Waals surface area contributed by atoms with Gasteiger partial charge in [-0.05, 0) is 80.4 Å². The molecule has 0 spiro atoms. The summed E-state index contributed by atoms with van der Waals surface area (Å²) in [5.74, 6) is 0.948. The molecule has 3 saturated carbocycles. The molecule has 4 atom stereocenters. The average molecular weight is 522 g/mol. The lowest BCUT2D eigenvalue weighted by molar-refractivity contribution is -0.137. The molecule has 3 aliphatic carbocycles. The van der Waals surface area contributed by atoms with Crippen LogP contribution in [0.3, 0.4) is 0 Å². The molecule has 4 fully saturated rings. The van der Waals surface area contributed by atoms with E-state index in [0.29, 0.717) is 30.2 Å². The van der Waals surface area contributed by atoms with Crippen LogP contribution < -0.4 is 0 Å². The zero-order chi connectivity index (χ0) is 25.2. The van der Waals surface area contributed by atoms with Crippen molar-refractivity contribution in [1.82, 2.24) is 4.90 Å². The molecule has 194 valence electrons. The molecule has 0 bridgehead atoms. The summed E-state index contributed by atoms with van der Waals surface area (Å²) in [6, 6.07) is 2.81. The zero-order valence-electron chi connectivity index (χ0n) is 20.2. The van der Waals surface area contributed by atoms with E-state index in [1.54, 1.807) is 6.07 Å². The van der Waals surface area contributed by atoms with Gasteiger partial charge in [0.05, 0.1) is 10.6 Å². The van der Waals surface area contributed by atoms with Crippen molar-refractivity contribution in [2.75, 3.05) is 13.1 Å². The van der Waals surface area contributed by atoms with E-state index in [1.165, 1.54) is 6.42 Å². The highest BCUT2D eigenvalue weighted by Gasteiger charge is 2.47. The molecular weight excluding hydrogens is 491 g/mol. The van der Waals surface area contributed by atoms with Gasteiger partial charge in [-0.2, -0.15) is 13.2 Å². The fourth-order valence-electron chi connectivity index (χ4n) is 6.43. The quantitative estimate of drug-likeness (QED) is 0.389. The number of carbonyl (C=O) groups excluding carboxylic acids is 2.